The molecule has 0 radical (unpaired) electrons. The van der Waals surface area contributed by atoms with E-state index >= 15 is 0 Å². The standard InChI is InChI=1S/C18H18F3N5O3/c1-2-29-15(28)5-6-22-16-12(18(19,20)21)9-23-17(26-16)24-11-3-4-13-10(7-11)8-14(27)25-13/h3-4,7,9H,2,5-6,8H2,1H3,(H,25,27)(H2,22,23,24,26). The molecule has 2 aromatic rings. The van der Waals surface area contributed by atoms with Crippen molar-refractivity contribution in [3.63, 3.8) is 0 Å². The van der Waals surface area contributed by atoms with Gasteiger partial charge in [-0.25, -0.2) is 4.98 Å². The Morgan fingerprint density at radius 3 is 2.86 bits per heavy atom. The maximum absolute atomic E-state index is 13.2. The van der Waals surface area contributed by atoms with Gasteiger partial charge in [0.2, 0.25) is 11.9 Å². The molecule has 0 atom stereocenters. The Morgan fingerprint density at radius 1 is 1.34 bits per heavy atom. The lowest BCUT2D eigenvalue weighted by Crippen LogP contribution is -2.17. The number of aromatic nitrogens is 2. The molecule has 3 N–H and O–H groups in total. The molecule has 154 valence electrons. The van der Waals surface area contributed by atoms with E-state index < -0.39 is 23.5 Å². The van der Waals surface area contributed by atoms with Crippen molar-refractivity contribution in [1.82, 2.24) is 9.97 Å². The van der Waals surface area contributed by atoms with E-state index in [-0.39, 0.29) is 37.8 Å². The fourth-order valence-electron chi connectivity index (χ4n) is 2.74. The lowest BCUT2D eigenvalue weighted by molar-refractivity contribution is -0.142. The van der Waals surface area contributed by atoms with Crippen LogP contribution in [0.5, 0.6) is 0 Å². The number of alkyl halides is 3. The summed E-state index contributed by atoms with van der Waals surface area (Å²) in [6.45, 7) is 1.75. The molecule has 2 heterocycles. The number of esters is 1. The van der Waals surface area contributed by atoms with Gasteiger partial charge in [-0.05, 0) is 30.7 Å². The average Bonchev–Trinajstić information content (AvgIpc) is 3.00. The first-order valence-electron chi connectivity index (χ1n) is 8.80. The Morgan fingerprint density at radius 2 is 2.14 bits per heavy atom. The summed E-state index contributed by atoms with van der Waals surface area (Å²) >= 11 is 0. The van der Waals surface area contributed by atoms with Crippen molar-refractivity contribution >= 4 is 35.0 Å². The van der Waals surface area contributed by atoms with Crippen molar-refractivity contribution in [2.75, 3.05) is 29.1 Å². The molecule has 29 heavy (non-hydrogen) atoms. The lowest BCUT2D eigenvalue weighted by Gasteiger charge is -2.15. The van der Waals surface area contributed by atoms with Crippen molar-refractivity contribution < 1.29 is 27.5 Å². The number of carbonyl (C=O) groups excluding carboxylic acids is 2. The van der Waals surface area contributed by atoms with Crippen molar-refractivity contribution in [3.8, 4) is 0 Å². The molecule has 0 saturated heterocycles. The minimum absolute atomic E-state index is 0.0612. The maximum atomic E-state index is 13.2. The van der Waals surface area contributed by atoms with Gasteiger partial charge in [-0.3, -0.25) is 9.59 Å². The number of fused-ring (bicyclic) bond motifs is 1. The van der Waals surface area contributed by atoms with Crippen LogP contribution < -0.4 is 16.0 Å². The number of amides is 1. The second-order valence-electron chi connectivity index (χ2n) is 6.16. The van der Waals surface area contributed by atoms with Gasteiger partial charge in [-0.2, -0.15) is 18.2 Å². The summed E-state index contributed by atoms with van der Waals surface area (Å²) in [6.07, 6.45) is -3.88. The van der Waals surface area contributed by atoms with Crippen molar-refractivity contribution in [1.29, 1.82) is 0 Å². The zero-order valence-electron chi connectivity index (χ0n) is 15.4. The van der Waals surface area contributed by atoms with Gasteiger partial charge in [0.15, 0.2) is 0 Å². The van der Waals surface area contributed by atoms with E-state index in [0.717, 1.165) is 5.56 Å². The summed E-state index contributed by atoms with van der Waals surface area (Å²) in [6, 6.07) is 5.03. The summed E-state index contributed by atoms with van der Waals surface area (Å²) in [5, 5.41) is 8.04. The maximum Gasteiger partial charge on any atom is 0.421 e. The lowest BCUT2D eigenvalue weighted by atomic mass is 10.1. The third-order valence-corrected chi connectivity index (χ3v) is 4.01. The molecule has 11 heteroatoms. The zero-order chi connectivity index (χ0) is 21.0. The summed E-state index contributed by atoms with van der Waals surface area (Å²) in [7, 11) is 0. The van der Waals surface area contributed by atoms with Crippen LogP contribution in [0.2, 0.25) is 0 Å². The molecule has 0 aliphatic carbocycles. The van der Waals surface area contributed by atoms with Crippen LogP contribution in [0.25, 0.3) is 0 Å². The van der Waals surface area contributed by atoms with Gasteiger partial charge in [0.05, 0.1) is 19.4 Å². The first-order valence-corrected chi connectivity index (χ1v) is 8.80. The van der Waals surface area contributed by atoms with Gasteiger partial charge in [0.25, 0.3) is 0 Å². The van der Waals surface area contributed by atoms with E-state index in [4.69, 9.17) is 4.74 Å². The number of nitrogens with zero attached hydrogens (tertiary/aromatic N) is 2. The van der Waals surface area contributed by atoms with Gasteiger partial charge in [-0.1, -0.05) is 0 Å². The van der Waals surface area contributed by atoms with Crippen LogP contribution in [-0.2, 0) is 26.9 Å². The van der Waals surface area contributed by atoms with E-state index in [1.165, 1.54) is 0 Å². The molecule has 1 amide bonds. The molecule has 0 spiro atoms. The number of rotatable bonds is 7. The second kappa shape index (κ2) is 8.33. The van der Waals surface area contributed by atoms with Crippen molar-refractivity contribution in [3.05, 3.63) is 35.5 Å². The Balaban J connectivity index is 1.77. The topological polar surface area (TPSA) is 105 Å². The largest absolute Gasteiger partial charge is 0.466 e. The highest BCUT2D eigenvalue weighted by molar-refractivity contribution is 5.99. The zero-order valence-corrected chi connectivity index (χ0v) is 15.4. The highest BCUT2D eigenvalue weighted by Gasteiger charge is 2.35. The molecular weight excluding hydrogens is 391 g/mol. The first kappa shape index (κ1) is 20.4. The third-order valence-electron chi connectivity index (χ3n) is 4.01. The number of carbonyl (C=O) groups is 2. The Hall–Kier alpha value is -3.37. The summed E-state index contributed by atoms with van der Waals surface area (Å²) in [4.78, 5) is 30.4. The van der Waals surface area contributed by atoms with Crippen LogP contribution in [0.3, 0.4) is 0 Å². The molecule has 1 aromatic heterocycles. The number of anilines is 4. The Labute approximate surface area is 163 Å². The van der Waals surface area contributed by atoms with Crippen LogP contribution in [0.1, 0.15) is 24.5 Å². The predicted octanol–water partition coefficient (Wildman–Crippen LogP) is 3.10. The number of nitrogens with one attached hydrogen (secondary N) is 3. The van der Waals surface area contributed by atoms with Gasteiger partial charge in [-0.15, -0.1) is 0 Å². The molecule has 0 unspecified atom stereocenters. The van der Waals surface area contributed by atoms with Gasteiger partial charge in [0.1, 0.15) is 11.4 Å². The van der Waals surface area contributed by atoms with Gasteiger partial charge in [0, 0.05) is 24.1 Å². The normalized spacial score (nSPS) is 12.9. The van der Waals surface area contributed by atoms with Gasteiger partial charge >= 0.3 is 12.1 Å². The SMILES string of the molecule is CCOC(=O)CCNc1nc(Nc2ccc3c(c2)CC(=O)N3)ncc1C(F)(F)F. The first-order chi connectivity index (χ1) is 13.8. The monoisotopic (exact) mass is 409 g/mol. The summed E-state index contributed by atoms with van der Waals surface area (Å²) < 4.78 is 44.4. The highest BCUT2D eigenvalue weighted by atomic mass is 19.4. The second-order valence-corrected chi connectivity index (χ2v) is 6.16. The number of halogens is 3. The average molecular weight is 409 g/mol. The van der Waals surface area contributed by atoms with E-state index in [2.05, 4.69) is 25.9 Å². The molecule has 8 nitrogen and oxygen atoms in total. The summed E-state index contributed by atoms with van der Waals surface area (Å²) in [5.41, 5.74) is 0.933. The Bertz CT molecular complexity index is 933. The van der Waals surface area contributed by atoms with Crippen LogP contribution in [-0.4, -0.2) is 35.0 Å². The number of benzene rings is 1. The molecule has 0 saturated carbocycles. The van der Waals surface area contributed by atoms with Crippen molar-refractivity contribution in [2.45, 2.75) is 25.9 Å². The predicted molar refractivity (Wildman–Crippen MR) is 98.8 cm³/mol. The highest BCUT2D eigenvalue weighted by Crippen LogP contribution is 2.34. The molecule has 0 bridgehead atoms. The molecule has 1 aliphatic heterocycles. The molecule has 1 aromatic carbocycles. The van der Waals surface area contributed by atoms with Crippen LogP contribution in [0, 0.1) is 0 Å². The van der Waals surface area contributed by atoms with Crippen LogP contribution in [0.15, 0.2) is 24.4 Å². The minimum atomic E-state index is -4.66. The smallest absolute Gasteiger partial charge is 0.421 e. The van der Waals surface area contributed by atoms with Crippen molar-refractivity contribution in [2.24, 2.45) is 0 Å². The molecular formula is C18H18F3N5O3. The fraction of sp³-hybridized carbons (Fsp3) is 0.333. The van der Waals surface area contributed by atoms with Crippen LogP contribution in [0.4, 0.5) is 36.3 Å². The summed E-state index contributed by atoms with van der Waals surface area (Å²) in [5.74, 6) is -1.16. The quantitative estimate of drug-likeness (QED) is 0.604. The van der Waals surface area contributed by atoms with Crippen LogP contribution >= 0.6 is 0 Å². The number of hydrogen-bond donors (Lipinski definition) is 3. The Kier molecular flexibility index (Phi) is 5.85. The third kappa shape index (κ3) is 5.12. The van der Waals surface area contributed by atoms with E-state index in [1.807, 2.05) is 0 Å². The van der Waals surface area contributed by atoms with E-state index in [0.29, 0.717) is 17.6 Å². The molecule has 1 aliphatic rings. The number of ether oxygens (including phenoxy) is 1. The minimum Gasteiger partial charge on any atom is -0.466 e. The number of hydrogen-bond acceptors (Lipinski definition) is 7. The molecule has 0 fully saturated rings. The fourth-order valence-corrected chi connectivity index (χ4v) is 2.74. The van der Waals surface area contributed by atoms with Gasteiger partial charge < -0.3 is 20.7 Å². The van der Waals surface area contributed by atoms with E-state index in [9.17, 15) is 22.8 Å². The molecule has 3 rings (SSSR count). The van der Waals surface area contributed by atoms with E-state index in [1.54, 1.807) is 25.1 Å².